The van der Waals surface area contributed by atoms with Crippen LogP contribution in [0.3, 0.4) is 0 Å². The lowest BCUT2D eigenvalue weighted by molar-refractivity contribution is -0.149. The molecule has 2 fully saturated rings. The third-order valence-corrected chi connectivity index (χ3v) is 15.4. The number of aromatic amines is 1. The maximum atomic E-state index is 14.6. The second kappa shape index (κ2) is 34.2. The Balaban J connectivity index is 1.14. The summed E-state index contributed by atoms with van der Waals surface area (Å²) in [4.78, 5) is 159. The van der Waals surface area contributed by atoms with Gasteiger partial charge in [0, 0.05) is 49.6 Å². The molecule has 9 amide bonds. The van der Waals surface area contributed by atoms with Gasteiger partial charge in [0.05, 0.1) is 25.6 Å². The van der Waals surface area contributed by atoms with Crippen molar-refractivity contribution in [1.82, 2.24) is 52.0 Å². The van der Waals surface area contributed by atoms with E-state index in [-0.39, 0.29) is 89.3 Å². The molecule has 3 heterocycles. The van der Waals surface area contributed by atoms with Gasteiger partial charge in [0.1, 0.15) is 54.1 Å². The largest absolute Gasteiger partial charge is 0.508 e. The molecule has 486 valence electrons. The number of carboxylic acid groups (broad SMARTS) is 2. The first-order valence-electron chi connectivity index (χ1n) is 29.7. The van der Waals surface area contributed by atoms with Crippen molar-refractivity contribution in [2.45, 2.75) is 138 Å². The monoisotopic (exact) mass is 1250 g/mol. The van der Waals surface area contributed by atoms with Gasteiger partial charge in [-0.3, -0.25) is 52.9 Å². The van der Waals surface area contributed by atoms with Crippen LogP contribution in [0.2, 0.25) is 0 Å². The van der Waals surface area contributed by atoms with Crippen LogP contribution in [0.1, 0.15) is 80.9 Å². The van der Waals surface area contributed by atoms with E-state index in [0.717, 1.165) is 0 Å². The Bertz CT molecular complexity index is 3200. The molecule has 9 atom stereocenters. The molecule has 30 nitrogen and oxygen atoms in total. The summed E-state index contributed by atoms with van der Waals surface area (Å²) >= 11 is 0. The Kier molecular flexibility index (Phi) is 26.4. The van der Waals surface area contributed by atoms with Crippen LogP contribution in [0.4, 0.5) is 0 Å². The van der Waals surface area contributed by atoms with Crippen LogP contribution in [-0.2, 0) is 72.0 Å². The summed E-state index contributed by atoms with van der Waals surface area (Å²) in [5, 5.41) is 57.5. The molecule has 6 rings (SSSR count). The number of rotatable bonds is 34. The zero-order valence-electron chi connectivity index (χ0n) is 49.6. The van der Waals surface area contributed by atoms with Gasteiger partial charge < -0.3 is 95.4 Å². The number of H-pyrrole nitrogens is 1. The predicted molar refractivity (Wildman–Crippen MR) is 326 cm³/mol. The van der Waals surface area contributed by atoms with Crippen molar-refractivity contribution in [3.63, 3.8) is 0 Å². The third kappa shape index (κ3) is 20.4. The smallest absolute Gasteiger partial charge is 0.326 e. The first-order valence-corrected chi connectivity index (χ1v) is 29.7. The summed E-state index contributed by atoms with van der Waals surface area (Å²) in [7, 11) is 0. The van der Waals surface area contributed by atoms with E-state index in [1.165, 1.54) is 21.9 Å². The number of nitrogens with one attached hydrogen (secondary N) is 8. The number of aromatic nitrogens is 1. The molecule has 90 heavy (non-hydrogen) atoms. The van der Waals surface area contributed by atoms with Crippen molar-refractivity contribution in [1.29, 1.82) is 0 Å². The number of hydrogen-bond acceptors (Lipinski definition) is 16. The quantitative estimate of drug-likeness (QED) is 0.0126. The highest BCUT2D eigenvalue weighted by Gasteiger charge is 2.44. The van der Waals surface area contributed by atoms with Crippen molar-refractivity contribution in [3.8, 4) is 5.75 Å². The van der Waals surface area contributed by atoms with Crippen molar-refractivity contribution >= 4 is 82.0 Å². The van der Waals surface area contributed by atoms with Gasteiger partial charge in [-0.1, -0.05) is 60.7 Å². The number of carbonyl (C=O) groups excluding carboxylic acids is 9. The fourth-order valence-electron chi connectivity index (χ4n) is 10.7. The number of unbranched alkanes of at least 4 members (excludes halogenated alkanes) is 1. The number of aliphatic carboxylic acids is 2. The van der Waals surface area contributed by atoms with Crippen LogP contribution < -0.4 is 60.2 Å². The standard InChI is InChI=1S/C60H81N15O15/c61-23-7-6-15-41(54(84)73-45(59(89)90)30-50(79)80)70-56(86)47-17-9-25-74(47)58(88)48-18-10-26-75(48)57(87)46(33-76)68-49(78)32-67-52(82)44(29-36-31-66-40-14-5-4-13-38(36)40)72-53(83)42(16-8-24-65-60(63)64)69-55(85)43(28-34-11-2-1-3-12-34)71-51(81)39(62)27-35-19-21-37(77)22-20-35/h1-5,11-14,19-22,31,39,41-48,66,76-77H,6-10,15-18,23-30,32-33,61-62H2,(H,67,82)(H,68,78)(H,69,85)(H,70,86)(H,71,81)(H,72,83)(H,73,84)(H,79,80)(H,89,90)(H4,63,64,65)/t39-,41-,42-,43-,44-,45-,46-,47-,48-/m0/s1. The molecule has 0 saturated carbocycles. The summed E-state index contributed by atoms with van der Waals surface area (Å²) in [5.41, 5.74) is 25.7. The number of fused-ring (bicyclic) bond motifs is 1. The molecule has 0 bridgehead atoms. The number of phenols is 1. The topological polar surface area (TPSA) is 492 Å². The van der Waals surface area contributed by atoms with Crippen LogP contribution in [0, 0.1) is 0 Å². The van der Waals surface area contributed by atoms with Crippen LogP contribution in [-0.4, -0.2) is 200 Å². The van der Waals surface area contributed by atoms with E-state index in [4.69, 9.17) is 22.9 Å². The molecule has 0 unspecified atom stereocenters. The van der Waals surface area contributed by atoms with Crippen molar-refractivity contribution in [2.24, 2.45) is 27.9 Å². The van der Waals surface area contributed by atoms with Gasteiger partial charge in [0.25, 0.3) is 0 Å². The van der Waals surface area contributed by atoms with Crippen molar-refractivity contribution < 1.29 is 73.2 Å². The maximum Gasteiger partial charge on any atom is 0.326 e. The van der Waals surface area contributed by atoms with Gasteiger partial charge in [-0.15, -0.1) is 0 Å². The Morgan fingerprint density at radius 3 is 1.88 bits per heavy atom. The lowest BCUT2D eigenvalue weighted by Gasteiger charge is -2.33. The van der Waals surface area contributed by atoms with E-state index in [9.17, 15) is 73.2 Å². The van der Waals surface area contributed by atoms with Crippen molar-refractivity contribution in [2.75, 3.05) is 39.3 Å². The van der Waals surface area contributed by atoms with E-state index in [0.29, 0.717) is 53.3 Å². The SMILES string of the molecule is NCCCC[C@H](NC(=O)[C@@H]1CCCN1C(=O)[C@@H]1CCCN1C(=O)[C@H](CO)NC(=O)CNC(=O)[C@H](Cc1c[nH]c2ccccc12)NC(=O)[C@H](CCCN=C(N)N)NC(=O)[C@H](Cc1ccccc1)NC(=O)[C@@H](N)Cc1ccc(O)cc1)C(=O)N[C@@H](CC(=O)O)C(=O)O. The number of guanidine groups is 1. The molecular weight excluding hydrogens is 1170 g/mol. The second-order valence-electron chi connectivity index (χ2n) is 22.1. The number of hydrogen-bond donors (Lipinski definition) is 16. The number of benzene rings is 3. The molecule has 2 aliphatic heterocycles. The molecule has 4 aromatic rings. The Hall–Kier alpha value is -9.68. The molecule has 1 aromatic heterocycles. The Morgan fingerprint density at radius 1 is 0.622 bits per heavy atom. The van der Waals surface area contributed by atoms with E-state index >= 15 is 0 Å². The molecule has 30 heteroatoms. The number of para-hydroxylation sites is 1. The summed E-state index contributed by atoms with van der Waals surface area (Å²) in [6.07, 6.45) is 2.43. The number of nitrogens with two attached hydrogens (primary N) is 4. The number of likely N-dealkylation sites (tertiary alicyclic amines) is 2. The van der Waals surface area contributed by atoms with Gasteiger partial charge in [-0.25, -0.2) is 4.79 Å². The van der Waals surface area contributed by atoms with Gasteiger partial charge in [-0.2, -0.15) is 0 Å². The van der Waals surface area contributed by atoms with E-state index in [1.54, 1.807) is 72.9 Å². The Labute approximate surface area is 518 Å². The molecule has 20 N–H and O–H groups in total. The van der Waals surface area contributed by atoms with E-state index in [1.807, 2.05) is 0 Å². The average molecular weight is 1250 g/mol. The third-order valence-electron chi connectivity index (χ3n) is 15.4. The van der Waals surface area contributed by atoms with E-state index in [2.05, 4.69) is 47.2 Å². The molecule has 3 aromatic carbocycles. The lowest BCUT2D eigenvalue weighted by atomic mass is 10.0. The number of carboxylic acids is 2. The highest BCUT2D eigenvalue weighted by atomic mass is 16.4. The number of carbonyl (C=O) groups is 11. The van der Waals surface area contributed by atoms with E-state index < -0.39 is 139 Å². The normalized spacial score (nSPS) is 16.8. The second-order valence-corrected chi connectivity index (χ2v) is 22.1. The fraction of sp³-hybridized carbons (Fsp3) is 0.467. The zero-order valence-corrected chi connectivity index (χ0v) is 49.6. The summed E-state index contributed by atoms with van der Waals surface area (Å²) in [6, 6.07) is 9.79. The molecule has 0 spiro atoms. The van der Waals surface area contributed by atoms with Crippen LogP contribution >= 0.6 is 0 Å². The van der Waals surface area contributed by atoms with Gasteiger partial charge in [0.15, 0.2) is 5.96 Å². The number of amides is 9. The first kappa shape index (κ1) is 69.4. The predicted octanol–water partition coefficient (Wildman–Crippen LogP) is -3.03. The van der Waals surface area contributed by atoms with Gasteiger partial charge in [0.2, 0.25) is 53.2 Å². The highest BCUT2D eigenvalue weighted by molar-refractivity contribution is 5.99. The molecule has 2 saturated heterocycles. The minimum atomic E-state index is -1.80. The summed E-state index contributed by atoms with van der Waals surface area (Å²) in [6.45, 7) is -1.33. The summed E-state index contributed by atoms with van der Waals surface area (Å²) in [5.74, 6) is -10.6. The molecule has 0 radical (unpaired) electrons. The van der Waals surface area contributed by atoms with Crippen molar-refractivity contribution in [3.05, 3.63) is 102 Å². The number of aliphatic hydroxyl groups excluding tert-OH is 1. The molecule has 0 aliphatic carbocycles. The number of aromatic hydroxyl groups is 1. The summed E-state index contributed by atoms with van der Waals surface area (Å²) < 4.78 is 0. The maximum absolute atomic E-state index is 14.6. The molecule has 2 aliphatic rings. The highest BCUT2D eigenvalue weighted by Crippen LogP contribution is 2.27. The average Bonchev–Trinajstić information content (AvgIpc) is 2.51. The minimum absolute atomic E-state index is 0.00871. The molecular formula is C60H81N15O15. The number of aliphatic hydroxyl groups is 1. The van der Waals surface area contributed by atoms with Gasteiger partial charge >= 0.3 is 11.9 Å². The first-order chi connectivity index (χ1) is 43.1. The minimum Gasteiger partial charge on any atom is -0.508 e. The van der Waals surface area contributed by atoms with Gasteiger partial charge in [-0.05, 0) is 106 Å². The zero-order chi connectivity index (χ0) is 65.4. The fourth-order valence-corrected chi connectivity index (χ4v) is 10.7. The number of phenolic OH excluding ortho intramolecular Hbond substituents is 1. The number of nitrogens with zero attached hydrogens (tertiary/aromatic N) is 3. The Morgan fingerprint density at radius 2 is 1.21 bits per heavy atom. The van der Waals surface area contributed by atoms with Crippen LogP contribution in [0.25, 0.3) is 10.9 Å². The number of aliphatic imine (C=N–C) groups is 1. The van der Waals surface area contributed by atoms with Crippen LogP contribution in [0.15, 0.2) is 90.1 Å². The lowest BCUT2D eigenvalue weighted by Crippen LogP contribution is -2.59. The van der Waals surface area contributed by atoms with Crippen LogP contribution in [0.5, 0.6) is 5.75 Å².